The minimum absolute atomic E-state index is 0.162. The van der Waals surface area contributed by atoms with Crippen LogP contribution in [-0.4, -0.2) is 23.7 Å². The summed E-state index contributed by atoms with van der Waals surface area (Å²) in [6.45, 7) is 9.51. The van der Waals surface area contributed by atoms with Crippen LogP contribution < -0.4 is 5.32 Å². The van der Waals surface area contributed by atoms with Crippen LogP contribution in [0.4, 0.5) is 4.79 Å². The molecule has 0 aromatic heterocycles. The third kappa shape index (κ3) is 8.24. The molecule has 0 radical (unpaired) electrons. The van der Waals surface area contributed by atoms with Gasteiger partial charge >= 0.3 is 12.1 Å². The predicted molar refractivity (Wildman–Crippen MR) is 88.9 cm³/mol. The van der Waals surface area contributed by atoms with Gasteiger partial charge in [-0.25, -0.2) is 9.59 Å². The molecule has 0 saturated carbocycles. The van der Waals surface area contributed by atoms with E-state index in [1.165, 1.54) is 0 Å². The third-order valence-corrected chi connectivity index (χ3v) is 2.90. The average molecular weight is 321 g/mol. The van der Waals surface area contributed by atoms with Crippen molar-refractivity contribution in [3.63, 3.8) is 0 Å². The Hall–Kier alpha value is -2.04. The fourth-order valence-electron chi connectivity index (χ4n) is 1.97. The van der Waals surface area contributed by atoms with Gasteiger partial charge < -0.3 is 14.8 Å². The molecule has 1 N–H and O–H groups in total. The number of hydrogen-bond donors (Lipinski definition) is 1. The number of ether oxygens (including phenoxy) is 2. The molecule has 1 amide bonds. The maximum atomic E-state index is 12.2. The van der Waals surface area contributed by atoms with Crippen LogP contribution in [0.25, 0.3) is 0 Å². The van der Waals surface area contributed by atoms with Gasteiger partial charge in [-0.15, -0.1) is 0 Å². The molecule has 0 aliphatic heterocycles. The molecule has 0 aliphatic rings. The first kappa shape index (κ1) is 19.0. The van der Waals surface area contributed by atoms with Gasteiger partial charge in [0.1, 0.15) is 18.2 Å². The first-order valence-corrected chi connectivity index (χ1v) is 7.87. The summed E-state index contributed by atoms with van der Waals surface area (Å²) >= 11 is 0. The van der Waals surface area contributed by atoms with Gasteiger partial charge in [0.15, 0.2) is 0 Å². The van der Waals surface area contributed by atoms with E-state index in [-0.39, 0.29) is 12.5 Å². The fourth-order valence-corrected chi connectivity index (χ4v) is 1.97. The van der Waals surface area contributed by atoms with E-state index in [4.69, 9.17) is 9.47 Å². The molecule has 1 rings (SSSR count). The van der Waals surface area contributed by atoms with Gasteiger partial charge in [-0.05, 0) is 38.7 Å². The molecule has 1 aromatic carbocycles. The lowest BCUT2D eigenvalue weighted by Crippen LogP contribution is -2.45. The summed E-state index contributed by atoms with van der Waals surface area (Å²) in [6, 6.07) is 8.67. The van der Waals surface area contributed by atoms with E-state index in [2.05, 4.69) is 5.32 Å². The van der Waals surface area contributed by atoms with E-state index in [1.54, 1.807) is 20.8 Å². The Balaban J connectivity index is 2.58. The molecule has 0 bridgehead atoms. The van der Waals surface area contributed by atoms with Crippen molar-refractivity contribution in [3.05, 3.63) is 35.9 Å². The number of esters is 1. The fraction of sp³-hybridized carbons (Fsp3) is 0.556. The molecule has 0 aliphatic carbocycles. The van der Waals surface area contributed by atoms with Crippen molar-refractivity contribution < 1.29 is 19.1 Å². The molecule has 1 aromatic rings. The molecular formula is C18H27NO4. The van der Waals surface area contributed by atoms with Gasteiger partial charge in [-0.3, -0.25) is 0 Å². The van der Waals surface area contributed by atoms with Crippen molar-refractivity contribution in [1.29, 1.82) is 0 Å². The molecule has 23 heavy (non-hydrogen) atoms. The molecule has 0 spiro atoms. The molecule has 0 fully saturated rings. The number of benzene rings is 1. The minimum Gasteiger partial charge on any atom is -0.458 e. The van der Waals surface area contributed by atoms with Crippen LogP contribution in [0.2, 0.25) is 0 Å². The lowest BCUT2D eigenvalue weighted by atomic mass is 10.0. The molecule has 0 heterocycles. The Morgan fingerprint density at radius 1 is 1.13 bits per heavy atom. The van der Waals surface area contributed by atoms with Crippen LogP contribution in [-0.2, 0) is 20.9 Å². The molecular weight excluding hydrogens is 294 g/mol. The number of carbonyl (C=O) groups excluding carboxylic acids is 2. The van der Waals surface area contributed by atoms with E-state index in [1.807, 2.05) is 44.2 Å². The second-order valence-corrected chi connectivity index (χ2v) is 6.92. The van der Waals surface area contributed by atoms with Crippen molar-refractivity contribution in [1.82, 2.24) is 5.32 Å². The van der Waals surface area contributed by atoms with Crippen LogP contribution in [0.15, 0.2) is 30.3 Å². The zero-order chi connectivity index (χ0) is 17.5. The highest BCUT2D eigenvalue weighted by Crippen LogP contribution is 2.13. The van der Waals surface area contributed by atoms with Gasteiger partial charge in [0.25, 0.3) is 0 Å². The van der Waals surface area contributed by atoms with E-state index in [9.17, 15) is 9.59 Å². The average Bonchev–Trinajstić information content (AvgIpc) is 2.43. The summed E-state index contributed by atoms with van der Waals surface area (Å²) in [6.07, 6.45) is -0.125. The first-order chi connectivity index (χ1) is 10.7. The SMILES string of the molecule is CC(C)C[C@@H](NC(=O)OCc1ccccc1)C(=O)OC(C)(C)C. The Labute approximate surface area is 138 Å². The topological polar surface area (TPSA) is 64.6 Å². The van der Waals surface area contributed by atoms with Crippen LogP contribution in [0.3, 0.4) is 0 Å². The highest BCUT2D eigenvalue weighted by Gasteiger charge is 2.27. The van der Waals surface area contributed by atoms with E-state index >= 15 is 0 Å². The molecule has 5 nitrogen and oxygen atoms in total. The summed E-state index contributed by atoms with van der Waals surface area (Å²) in [5.74, 6) is -0.204. The van der Waals surface area contributed by atoms with Crippen molar-refractivity contribution in [2.75, 3.05) is 0 Å². The number of alkyl carbamates (subject to hydrolysis) is 1. The van der Waals surface area contributed by atoms with Crippen LogP contribution >= 0.6 is 0 Å². The van der Waals surface area contributed by atoms with Gasteiger partial charge in [0, 0.05) is 0 Å². The van der Waals surface area contributed by atoms with E-state index in [0.29, 0.717) is 6.42 Å². The number of hydrogen-bond acceptors (Lipinski definition) is 4. The standard InChI is InChI=1S/C18H27NO4/c1-13(2)11-15(16(20)23-18(3,4)5)19-17(21)22-12-14-9-7-6-8-10-14/h6-10,13,15H,11-12H2,1-5H3,(H,19,21)/t15-/m1/s1. The van der Waals surface area contributed by atoms with E-state index in [0.717, 1.165) is 5.56 Å². The Kier molecular flexibility index (Phi) is 7.07. The Morgan fingerprint density at radius 3 is 2.26 bits per heavy atom. The summed E-state index contributed by atoms with van der Waals surface area (Å²) < 4.78 is 10.5. The zero-order valence-electron chi connectivity index (χ0n) is 14.6. The van der Waals surface area contributed by atoms with Crippen LogP contribution in [0, 0.1) is 5.92 Å². The molecule has 0 unspecified atom stereocenters. The van der Waals surface area contributed by atoms with Crippen molar-refractivity contribution in [3.8, 4) is 0 Å². The Bertz CT molecular complexity index is 506. The van der Waals surface area contributed by atoms with Crippen molar-refractivity contribution >= 4 is 12.1 Å². The largest absolute Gasteiger partial charge is 0.458 e. The number of carbonyl (C=O) groups is 2. The summed E-state index contributed by atoms with van der Waals surface area (Å²) in [7, 11) is 0. The second-order valence-electron chi connectivity index (χ2n) is 6.92. The molecule has 128 valence electrons. The zero-order valence-corrected chi connectivity index (χ0v) is 14.6. The second kappa shape index (κ2) is 8.56. The van der Waals surface area contributed by atoms with Crippen molar-refractivity contribution in [2.45, 2.75) is 59.3 Å². The summed E-state index contributed by atoms with van der Waals surface area (Å²) in [5.41, 5.74) is 0.294. The van der Waals surface area contributed by atoms with Gasteiger partial charge in [0.05, 0.1) is 0 Å². The summed E-state index contributed by atoms with van der Waals surface area (Å²) in [5, 5.41) is 2.61. The smallest absolute Gasteiger partial charge is 0.408 e. The molecule has 0 saturated heterocycles. The third-order valence-electron chi connectivity index (χ3n) is 2.90. The van der Waals surface area contributed by atoms with Gasteiger partial charge in [0.2, 0.25) is 0 Å². The number of amides is 1. The highest BCUT2D eigenvalue weighted by molar-refractivity contribution is 5.81. The normalized spacial score (nSPS) is 12.6. The Morgan fingerprint density at radius 2 is 1.74 bits per heavy atom. The monoisotopic (exact) mass is 321 g/mol. The van der Waals surface area contributed by atoms with Crippen LogP contribution in [0.5, 0.6) is 0 Å². The minimum atomic E-state index is -0.711. The number of nitrogens with one attached hydrogen (secondary N) is 1. The highest BCUT2D eigenvalue weighted by atomic mass is 16.6. The number of rotatable bonds is 6. The summed E-state index contributed by atoms with van der Waals surface area (Å²) in [4.78, 5) is 24.1. The maximum absolute atomic E-state index is 12.2. The first-order valence-electron chi connectivity index (χ1n) is 7.87. The maximum Gasteiger partial charge on any atom is 0.408 e. The quantitative estimate of drug-likeness (QED) is 0.812. The van der Waals surface area contributed by atoms with Gasteiger partial charge in [-0.1, -0.05) is 44.2 Å². The van der Waals surface area contributed by atoms with E-state index < -0.39 is 23.7 Å². The predicted octanol–water partition coefficient (Wildman–Crippen LogP) is 3.67. The lowest BCUT2D eigenvalue weighted by molar-refractivity contribution is -0.157. The molecule has 1 atom stereocenters. The van der Waals surface area contributed by atoms with Crippen LogP contribution in [0.1, 0.15) is 46.6 Å². The molecule has 5 heteroatoms. The van der Waals surface area contributed by atoms with Crippen molar-refractivity contribution in [2.24, 2.45) is 5.92 Å². The lowest BCUT2D eigenvalue weighted by Gasteiger charge is -2.25. The van der Waals surface area contributed by atoms with Gasteiger partial charge in [-0.2, -0.15) is 0 Å².